The maximum absolute atomic E-state index is 12.2. The Balaban J connectivity index is 0.00000242. The molecule has 1 aliphatic carbocycles. The van der Waals surface area contributed by atoms with E-state index in [1.165, 1.54) is 0 Å². The molecule has 0 bridgehead atoms. The zero-order valence-electron chi connectivity index (χ0n) is 12.7. The minimum absolute atomic E-state index is 0. The van der Waals surface area contributed by atoms with Gasteiger partial charge in [-0.05, 0) is 38.9 Å². The van der Waals surface area contributed by atoms with Gasteiger partial charge < -0.3 is 10.6 Å². The number of hydrogen-bond donors (Lipinski definition) is 4. The minimum atomic E-state index is -0.457. The van der Waals surface area contributed by atoms with E-state index >= 15 is 0 Å². The summed E-state index contributed by atoms with van der Waals surface area (Å²) in [6, 6.07) is 7.13. The van der Waals surface area contributed by atoms with E-state index in [1.54, 1.807) is 17.6 Å². The zero-order valence-corrected chi connectivity index (χ0v) is 14.1. The molecule has 22 heavy (non-hydrogen) atoms. The Hall–Kier alpha value is -1.34. The number of rotatable bonds is 4. The number of benzene rings is 1. The Kier molecular flexibility index (Phi) is 7.09. The number of hydroxylamine groups is 1. The van der Waals surface area contributed by atoms with E-state index in [0.29, 0.717) is 18.4 Å². The van der Waals surface area contributed by atoms with Crippen molar-refractivity contribution in [3.8, 4) is 0 Å². The van der Waals surface area contributed by atoms with Gasteiger partial charge in [-0.1, -0.05) is 17.7 Å². The van der Waals surface area contributed by atoms with Crippen LogP contribution in [0.4, 0.5) is 0 Å². The van der Waals surface area contributed by atoms with Gasteiger partial charge >= 0.3 is 0 Å². The van der Waals surface area contributed by atoms with Gasteiger partial charge in [-0.3, -0.25) is 14.8 Å². The van der Waals surface area contributed by atoms with Crippen molar-refractivity contribution in [2.24, 2.45) is 5.92 Å². The average molecular weight is 342 g/mol. The molecule has 1 fully saturated rings. The second-order valence-electron chi connectivity index (χ2n) is 5.49. The minimum Gasteiger partial charge on any atom is -0.348 e. The van der Waals surface area contributed by atoms with Crippen molar-refractivity contribution in [2.75, 3.05) is 7.05 Å². The molecule has 0 aliphatic heterocycles. The molecule has 2 unspecified atom stereocenters. The Bertz CT molecular complexity index is 521. The molecule has 1 radical (unpaired) electrons. The molecule has 6 nitrogen and oxygen atoms in total. The first-order chi connectivity index (χ1) is 10.0. The number of amides is 2. The molecule has 119 valence electrons. The summed E-state index contributed by atoms with van der Waals surface area (Å²) in [4.78, 5) is 23.9. The average Bonchev–Trinajstić information content (AvgIpc) is 2.90. The molecular weight excluding hydrogens is 321 g/mol. The van der Waals surface area contributed by atoms with Gasteiger partial charge in [0.1, 0.15) is 0 Å². The number of carbonyl (C=O) groups is 2. The fourth-order valence-electron chi connectivity index (χ4n) is 2.76. The van der Waals surface area contributed by atoms with Crippen LogP contribution in [0.1, 0.15) is 28.8 Å². The van der Waals surface area contributed by atoms with Gasteiger partial charge in [0.25, 0.3) is 5.91 Å². The number of nitrogens with one attached hydrogen (secondary N) is 3. The second-order valence-corrected chi connectivity index (χ2v) is 5.49. The van der Waals surface area contributed by atoms with Crippen LogP contribution in [0.15, 0.2) is 24.3 Å². The maximum atomic E-state index is 12.2. The van der Waals surface area contributed by atoms with Crippen molar-refractivity contribution in [1.29, 1.82) is 0 Å². The third-order valence-electron chi connectivity index (χ3n) is 4.05. The Morgan fingerprint density at radius 3 is 2.36 bits per heavy atom. The van der Waals surface area contributed by atoms with Crippen LogP contribution in [0, 0.1) is 12.8 Å². The Labute approximate surface area is 141 Å². The molecule has 1 aromatic carbocycles. The summed E-state index contributed by atoms with van der Waals surface area (Å²) in [5.74, 6) is -1.09. The summed E-state index contributed by atoms with van der Waals surface area (Å²) in [7, 11) is 1.82. The van der Waals surface area contributed by atoms with Crippen LogP contribution in [0.25, 0.3) is 0 Å². The van der Waals surface area contributed by atoms with Crippen LogP contribution in [0.2, 0.25) is 0 Å². The van der Waals surface area contributed by atoms with Crippen LogP contribution in [0.5, 0.6) is 0 Å². The van der Waals surface area contributed by atoms with Gasteiger partial charge in [0.15, 0.2) is 0 Å². The molecule has 7 heteroatoms. The van der Waals surface area contributed by atoms with E-state index in [2.05, 4.69) is 10.6 Å². The summed E-state index contributed by atoms with van der Waals surface area (Å²) in [6.07, 6.45) is 1.24. The molecule has 4 N–H and O–H groups in total. The smallest absolute Gasteiger partial charge is 0.251 e. The summed E-state index contributed by atoms with van der Waals surface area (Å²) >= 11 is 0. The van der Waals surface area contributed by atoms with Crippen molar-refractivity contribution in [3.05, 3.63) is 35.4 Å². The molecule has 1 aromatic rings. The van der Waals surface area contributed by atoms with E-state index in [0.717, 1.165) is 5.56 Å². The monoisotopic (exact) mass is 342 g/mol. The first-order valence-electron chi connectivity index (χ1n) is 7.04. The van der Waals surface area contributed by atoms with E-state index in [9.17, 15) is 9.59 Å². The molecule has 0 aromatic heterocycles. The van der Waals surface area contributed by atoms with Gasteiger partial charge in [-0.2, -0.15) is 0 Å². The molecule has 1 aliphatic rings. The van der Waals surface area contributed by atoms with Crippen molar-refractivity contribution in [2.45, 2.75) is 31.8 Å². The van der Waals surface area contributed by atoms with Crippen molar-refractivity contribution >= 4 is 11.8 Å². The normalized spacial score (nSPS) is 23.5. The van der Waals surface area contributed by atoms with Gasteiger partial charge in [0.2, 0.25) is 5.91 Å². The molecule has 0 spiro atoms. The number of carbonyl (C=O) groups excluding carboxylic acids is 2. The molecule has 2 amide bonds. The molecule has 0 saturated heterocycles. The van der Waals surface area contributed by atoms with Crippen molar-refractivity contribution < 1.29 is 33.4 Å². The second kappa shape index (κ2) is 8.34. The Morgan fingerprint density at radius 2 is 1.82 bits per heavy atom. The molecular formula is C15H21N3O3V. The Morgan fingerprint density at radius 1 is 1.18 bits per heavy atom. The molecule has 2 rings (SSSR count). The SMILES string of the molecule is CNC1CC(NC(=O)c2ccc(C)cc2)[C@@H](C(=O)NO)C1.[V]. The van der Waals surface area contributed by atoms with E-state index in [4.69, 9.17) is 5.21 Å². The van der Waals surface area contributed by atoms with Gasteiger partial charge in [-0.15, -0.1) is 0 Å². The third kappa shape index (κ3) is 4.33. The zero-order chi connectivity index (χ0) is 15.4. The molecule has 3 atom stereocenters. The molecule has 1 saturated carbocycles. The van der Waals surface area contributed by atoms with Crippen molar-refractivity contribution in [3.63, 3.8) is 0 Å². The fraction of sp³-hybridized carbons (Fsp3) is 0.467. The maximum Gasteiger partial charge on any atom is 0.251 e. The number of hydrogen-bond acceptors (Lipinski definition) is 4. The quantitative estimate of drug-likeness (QED) is 0.476. The number of aryl methyl sites for hydroxylation is 1. The van der Waals surface area contributed by atoms with Gasteiger partial charge in [0.05, 0.1) is 5.92 Å². The summed E-state index contributed by atoms with van der Waals surface area (Å²) in [6.45, 7) is 1.96. The topological polar surface area (TPSA) is 90.5 Å². The summed E-state index contributed by atoms with van der Waals surface area (Å²) < 4.78 is 0. The van der Waals surface area contributed by atoms with Crippen LogP contribution < -0.4 is 16.1 Å². The summed E-state index contributed by atoms with van der Waals surface area (Å²) in [5, 5.41) is 14.8. The van der Waals surface area contributed by atoms with E-state index in [-0.39, 0.29) is 36.5 Å². The first kappa shape index (κ1) is 18.7. The predicted molar refractivity (Wildman–Crippen MR) is 77.9 cm³/mol. The first-order valence-corrected chi connectivity index (χ1v) is 7.04. The largest absolute Gasteiger partial charge is 0.348 e. The van der Waals surface area contributed by atoms with Gasteiger partial charge in [-0.25, -0.2) is 5.48 Å². The van der Waals surface area contributed by atoms with Crippen LogP contribution >= 0.6 is 0 Å². The van der Waals surface area contributed by atoms with Crippen LogP contribution in [-0.4, -0.2) is 36.2 Å². The standard InChI is InChI=1S/C15H21N3O3.V/c1-9-3-5-10(6-4-9)14(19)17-13-8-11(16-2)7-12(13)15(20)18-21;/h3-6,11-13,16,21H,7-8H2,1-2H3,(H,17,19)(H,18,20);/t11?,12-,13?;/m0./s1. The van der Waals surface area contributed by atoms with E-state index in [1.807, 2.05) is 26.1 Å². The third-order valence-corrected chi connectivity index (χ3v) is 4.05. The fourth-order valence-corrected chi connectivity index (χ4v) is 2.76. The van der Waals surface area contributed by atoms with E-state index < -0.39 is 11.8 Å². The van der Waals surface area contributed by atoms with Gasteiger partial charge in [0, 0.05) is 36.2 Å². The van der Waals surface area contributed by atoms with Crippen LogP contribution in [-0.2, 0) is 23.4 Å². The molecule has 0 heterocycles. The van der Waals surface area contributed by atoms with Crippen LogP contribution in [0.3, 0.4) is 0 Å². The summed E-state index contributed by atoms with van der Waals surface area (Å²) in [5.41, 5.74) is 3.33. The predicted octanol–water partition coefficient (Wildman–Crippen LogP) is 0.594. The van der Waals surface area contributed by atoms with Crippen molar-refractivity contribution in [1.82, 2.24) is 16.1 Å².